The fourth-order valence-corrected chi connectivity index (χ4v) is 4.66. The van der Waals surface area contributed by atoms with Crippen molar-refractivity contribution >= 4 is 33.2 Å². The van der Waals surface area contributed by atoms with Gasteiger partial charge >= 0.3 is 5.97 Å². The van der Waals surface area contributed by atoms with Crippen molar-refractivity contribution in [3.8, 4) is 0 Å². The number of carboxylic acid groups (broad SMARTS) is 1. The monoisotopic (exact) mass is 332 g/mol. The molecule has 1 aliphatic rings. The van der Waals surface area contributed by atoms with Crippen molar-refractivity contribution in [1.29, 1.82) is 0 Å². The van der Waals surface area contributed by atoms with Crippen LogP contribution in [-0.4, -0.2) is 48.8 Å². The molecule has 0 aromatic carbocycles. The molecule has 1 atom stereocenters. The van der Waals surface area contributed by atoms with Crippen LogP contribution < -0.4 is 5.32 Å². The Kier molecular flexibility index (Phi) is 4.64. The maximum absolute atomic E-state index is 12.3. The predicted molar refractivity (Wildman–Crippen MR) is 76.9 cm³/mol. The van der Waals surface area contributed by atoms with E-state index in [0.717, 1.165) is 24.2 Å². The molecule has 7 nitrogen and oxygen atoms in total. The van der Waals surface area contributed by atoms with Crippen molar-refractivity contribution in [2.45, 2.75) is 30.7 Å². The van der Waals surface area contributed by atoms with Crippen molar-refractivity contribution in [3.63, 3.8) is 0 Å². The summed E-state index contributed by atoms with van der Waals surface area (Å²) in [6, 6.07) is 0.264. The zero-order valence-corrected chi connectivity index (χ0v) is 13.0. The molecule has 2 N–H and O–H groups in total. The van der Waals surface area contributed by atoms with Gasteiger partial charge in [0.25, 0.3) is 5.91 Å². The van der Waals surface area contributed by atoms with E-state index in [0.29, 0.717) is 13.1 Å². The number of nitrogens with one attached hydrogen (secondary N) is 1. The smallest absolute Gasteiger partial charge is 0.325 e. The van der Waals surface area contributed by atoms with Gasteiger partial charge in [0.1, 0.15) is 6.04 Å². The first-order valence-corrected chi connectivity index (χ1v) is 8.76. The molecule has 1 aliphatic heterocycles. The molecule has 21 heavy (non-hydrogen) atoms. The van der Waals surface area contributed by atoms with Crippen molar-refractivity contribution in [1.82, 2.24) is 9.62 Å². The molecule has 1 saturated heterocycles. The molecule has 0 aliphatic carbocycles. The highest BCUT2D eigenvalue weighted by molar-refractivity contribution is 7.89. The van der Waals surface area contributed by atoms with E-state index < -0.39 is 27.9 Å². The molecule has 0 spiro atoms. The minimum atomic E-state index is -3.55. The van der Waals surface area contributed by atoms with Crippen LogP contribution in [0.3, 0.4) is 0 Å². The Morgan fingerprint density at radius 2 is 2.00 bits per heavy atom. The normalized spacial score (nSPS) is 17.6. The van der Waals surface area contributed by atoms with E-state index in [1.165, 1.54) is 22.7 Å². The molecule has 2 heterocycles. The van der Waals surface area contributed by atoms with Gasteiger partial charge in [0.05, 0.1) is 9.77 Å². The molecule has 2 rings (SSSR count). The van der Waals surface area contributed by atoms with Crippen LogP contribution in [0.4, 0.5) is 0 Å². The minimum absolute atomic E-state index is 0.0857. The van der Waals surface area contributed by atoms with E-state index in [2.05, 4.69) is 5.32 Å². The van der Waals surface area contributed by atoms with Gasteiger partial charge in [-0.2, -0.15) is 4.31 Å². The Hall–Kier alpha value is -1.45. The van der Waals surface area contributed by atoms with Gasteiger partial charge in [-0.25, -0.2) is 8.42 Å². The molecular formula is C12H16N2O5S2. The topological polar surface area (TPSA) is 104 Å². The summed E-state index contributed by atoms with van der Waals surface area (Å²) >= 11 is 0.986. The van der Waals surface area contributed by atoms with Crippen LogP contribution >= 0.6 is 11.3 Å². The maximum Gasteiger partial charge on any atom is 0.325 e. The van der Waals surface area contributed by atoms with E-state index in [4.69, 9.17) is 5.11 Å². The van der Waals surface area contributed by atoms with Crippen LogP contribution in [0.25, 0.3) is 0 Å². The van der Waals surface area contributed by atoms with Gasteiger partial charge in [-0.3, -0.25) is 9.59 Å². The minimum Gasteiger partial charge on any atom is -0.480 e. The van der Waals surface area contributed by atoms with Crippen LogP contribution in [0.2, 0.25) is 0 Å². The Labute approximate surface area is 126 Å². The molecule has 1 aromatic heterocycles. The Morgan fingerprint density at radius 3 is 2.57 bits per heavy atom. The summed E-state index contributed by atoms with van der Waals surface area (Å²) < 4.78 is 26.0. The summed E-state index contributed by atoms with van der Waals surface area (Å²) in [6.07, 6.45) is 1.68. The number of carbonyl (C=O) groups is 2. The highest BCUT2D eigenvalue weighted by Crippen LogP contribution is 2.25. The van der Waals surface area contributed by atoms with E-state index >= 15 is 0 Å². The summed E-state index contributed by atoms with van der Waals surface area (Å²) in [5.74, 6) is -1.73. The van der Waals surface area contributed by atoms with Gasteiger partial charge in [-0.15, -0.1) is 11.3 Å². The van der Waals surface area contributed by atoms with E-state index in [1.54, 1.807) is 0 Å². The van der Waals surface area contributed by atoms with Crippen molar-refractivity contribution in [2.75, 3.05) is 13.1 Å². The van der Waals surface area contributed by atoms with Crippen LogP contribution in [-0.2, 0) is 14.8 Å². The lowest BCUT2D eigenvalue weighted by Crippen LogP contribution is -2.37. The number of thiophene rings is 1. The first-order valence-electron chi connectivity index (χ1n) is 6.44. The van der Waals surface area contributed by atoms with Crippen LogP contribution in [0.15, 0.2) is 16.3 Å². The maximum atomic E-state index is 12.3. The fraction of sp³-hybridized carbons (Fsp3) is 0.500. The van der Waals surface area contributed by atoms with Gasteiger partial charge in [-0.1, -0.05) is 0 Å². The molecule has 1 fully saturated rings. The van der Waals surface area contributed by atoms with Crippen LogP contribution in [0, 0.1) is 0 Å². The van der Waals surface area contributed by atoms with Gasteiger partial charge in [0, 0.05) is 18.5 Å². The number of hydrogen-bond acceptors (Lipinski definition) is 5. The number of carboxylic acids is 1. The first kappa shape index (κ1) is 15.9. The number of rotatable bonds is 5. The second-order valence-corrected chi connectivity index (χ2v) is 7.64. The third-order valence-electron chi connectivity index (χ3n) is 3.22. The summed E-state index contributed by atoms with van der Waals surface area (Å²) in [6.45, 7) is 2.33. The molecule has 0 bridgehead atoms. The SMILES string of the molecule is C[C@@H](NC(=O)c1cc(S(=O)(=O)N2CCCC2)cs1)C(=O)O. The molecular weight excluding hydrogens is 316 g/mol. The summed E-state index contributed by atoms with van der Waals surface area (Å²) in [4.78, 5) is 22.8. The van der Waals surface area contributed by atoms with Crippen LogP contribution in [0.1, 0.15) is 29.4 Å². The average Bonchev–Trinajstić information content (AvgIpc) is 3.10. The van der Waals surface area contributed by atoms with E-state index in [1.807, 2.05) is 0 Å². The third-order valence-corrected chi connectivity index (χ3v) is 6.17. The van der Waals surface area contributed by atoms with Crippen molar-refractivity contribution in [2.24, 2.45) is 0 Å². The Bertz CT molecular complexity index is 646. The van der Waals surface area contributed by atoms with Crippen LogP contribution in [0.5, 0.6) is 0 Å². The van der Waals surface area contributed by atoms with Gasteiger partial charge in [0.15, 0.2) is 0 Å². The standard InChI is InChI=1S/C12H16N2O5S2/c1-8(12(16)17)13-11(15)10-6-9(7-20-10)21(18,19)14-4-2-3-5-14/h6-8H,2-5H2,1H3,(H,13,15)(H,16,17)/t8-/m1/s1. The lowest BCUT2D eigenvalue weighted by atomic mass is 10.3. The zero-order chi connectivity index (χ0) is 15.6. The number of sulfonamides is 1. The predicted octanol–water partition coefficient (Wildman–Crippen LogP) is 0.736. The Morgan fingerprint density at radius 1 is 1.38 bits per heavy atom. The second-order valence-electron chi connectivity index (χ2n) is 4.79. The molecule has 1 amide bonds. The quantitative estimate of drug-likeness (QED) is 0.827. The second kappa shape index (κ2) is 6.12. The third kappa shape index (κ3) is 3.42. The first-order chi connectivity index (χ1) is 9.82. The molecule has 0 saturated carbocycles. The number of carbonyl (C=O) groups excluding carboxylic acids is 1. The fourth-order valence-electron chi connectivity index (χ4n) is 1.98. The average molecular weight is 332 g/mol. The molecule has 0 radical (unpaired) electrons. The van der Waals surface area contributed by atoms with Gasteiger partial charge in [-0.05, 0) is 25.8 Å². The van der Waals surface area contributed by atoms with Crippen molar-refractivity contribution in [3.05, 3.63) is 16.3 Å². The molecule has 116 valence electrons. The van der Waals surface area contributed by atoms with Gasteiger partial charge < -0.3 is 10.4 Å². The lowest BCUT2D eigenvalue weighted by molar-refractivity contribution is -0.138. The van der Waals surface area contributed by atoms with Crippen molar-refractivity contribution < 1.29 is 23.1 Å². The van der Waals surface area contributed by atoms with E-state index in [-0.39, 0.29) is 9.77 Å². The molecule has 1 aromatic rings. The number of nitrogens with zero attached hydrogens (tertiary/aromatic N) is 1. The molecule has 0 unspecified atom stereocenters. The largest absolute Gasteiger partial charge is 0.480 e. The summed E-state index contributed by atoms with van der Waals surface area (Å²) in [5, 5.41) is 12.4. The highest BCUT2D eigenvalue weighted by atomic mass is 32.2. The number of amides is 1. The zero-order valence-electron chi connectivity index (χ0n) is 11.4. The lowest BCUT2D eigenvalue weighted by Gasteiger charge is -2.13. The number of aliphatic carboxylic acids is 1. The Balaban J connectivity index is 2.14. The van der Waals surface area contributed by atoms with Gasteiger partial charge in [0.2, 0.25) is 10.0 Å². The highest BCUT2D eigenvalue weighted by Gasteiger charge is 2.29. The summed E-state index contributed by atoms with van der Waals surface area (Å²) in [7, 11) is -3.55. The number of hydrogen-bond donors (Lipinski definition) is 2. The molecule has 9 heteroatoms. The summed E-state index contributed by atoms with van der Waals surface area (Å²) in [5.41, 5.74) is 0. The van der Waals surface area contributed by atoms with E-state index in [9.17, 15) is 18.0 Å².